The van der Waals surface area contributed by atoms with Gasteiger partial charge in [0.05, 0.1) is 0 Å². The quantitative estimate of drug-likeness (QED) is 0.484. The minimum absolute atomic E-state index is 0.219. The molecule has 2 aromatic heterocycles. The summed E-state index contributed by atoms with van der Waals surface area (Å²) < 4.78 is 29.4. The zero-order chi connectivity index (χ0) is 21.6. The molecule has 2 aromatic carbocycles. The number of rotatable bonds is 5. The van der Waals surface area contributed by atoms with E-state index in [1.165, 1.54) is 11.3 Å². The first-order valence-corrected chi connectivity index (χ1v) is 12.1. The van der Waals surface area contributed by atoms with Crippen LogP contribution in [-0.4, -0.2) is 36.8 Å². The Bertz CT molecular complexity index is 1380. The number of thiophene rings is 1. The fraction of sp³-hybridized carbons (Fsp3) is 0.182. The van der Waals surface area contributed by atoms with Crippen LogP contribution in [0.1, 0.15) is 12.0 Å². The molecule has 3 heterocycles. The van der Waals surface area contributed by atoms with Crippen molar-refractivity contribution in [1.82, 2.24) is 14.6 Å². The molecule has 9 heteroatoms. The summed E-state index contributed by atoms with van der Waals surface area (Å²) in [4.78, 5) is 18.7. The number of aromatic nitrogens is 1. The molecule has 3 N–H and O–H groups in total. The fourth-order valence-electron chi connectivity index (χ4n) is 3.90. The van der Waals surface area contributed by atoms with Crippen LogP contribution in [-0.2, 0) is 21.4 Å². The highest BCUT2D eigenvalue weighted by Crippen LogP contribution is 2.29. The van der Waals surface area contributed by atoms with Crippen LogP contribution in [0.4, 0.5) is 5.82 Å². The molecule has 0 bridgehead atoms. The highest BCUT2D eigenvalue weighted by molar-refractivity contribution is 7.91. The van der Waals surface area contributed by atoms with E-state index >= 15 is 0 Å². The average molecular weight is 453 g/mol. The van der Waals surface area contributed by atoms with Crippen molar-refractivity contribution in [1.29, 1.82) is 0 Å². The lowest BCUT2D eigenvalue weighted by atomic mass is 10.1. The van der Waals surface area contributed by atoms with Gasteiger partial charge in [0, 0.05) is 29.4 Å². The predicted octanol–water partition coefficient (Wildman–Crippen LogP) is 3.11. The Morgan fingerprint density at radius 2 is 1.97 bits per heavy atom. The van der Waals surface area contributed by atoms with E-state index < -0.39 is 16.1 Å². The number of benzene rings is 2. The van der Waals surface area contributed by atoms with Crippen LogP contribution in [0.15, 0.2) is 65.0 Å². The molecule has 0 radical (unpaired) electrons. The van der Waals surface area contributed by atoms with Gasteiger partial charge in [-0.1, -0.05) is 30.3 Å². The number of carbonyl (C=O) groups excluding carboxylic acids is 1. The second-order valence-corrected chi connectivity index (χ2v) is 10.6. The third-order valence-corrected chi connectivity index (χ3v) is 8.56. The smallest absolute Gasteiger partial charge is 0.250 e. The number of nitrogen functional groups attached to an aromatic ring is 1. The molecular weight excluding hydrogens is 432 g/mol. The number of pyridine rings is 1. The number of sulfonamides is 1. The van der Waals surface area contributed by atoms with Crippen molar-refractivity contribution < 1.29 is 13.2 Å². The van der Waals surface area contributed by atoms with Gasteiger partial charge in [0.15, 0.2) is 0 Å². The van der Waals surface area contributed by atoms with E-state index in [1.807, 2.05) is 48.5 Å². The number of anilines is 1. The van der Waals surface area contributed by atoms with Gasteiger partial charge >= 0.3 is 0 Å². The van der Waals surface area contributed by atoms with Gasteiger partial charge in [-0.15, -0.1) is 11.3 Å². The molecule has 1 unspecified atom stereocenters. The number of carbonyl (C=O) groups is 1. The molecule has 1 fully saturated rings. The number of nitrogens with zero attached hydrogens (tertiary/aromatic N) is 2. The Morgan fingerprint density at radius 1 is 1.13 bits per heavy atom. The van der Waals surface area contributed by atoms with Crippen molar-refractivity contribution in [2.24, 2.45) is 0 Å². The highest BCUT2D eigenvalue weighted by Gasteiger charge is 2.35. The van der Waals surface area contributed by atoms with Crippen molar-refractivity contribution in [3.05, 3.63) is 66.4 Å². The molecule has 31 heavy (non-hydrogen) atoms. The maximum Gasteiger partial charge on any atom is 0.250 e. The molecule has 1 saturated heterocycles. The largest absolute Gasteiger partial charge is 0.383 e. The highest BCUT2D eigenvalue weighted by atomic mass is 32.2. The normalized spacial score (nSPS) is 17.1. The molecule has 1 aliphatic heterocycles. The van der Waals surface area contributed by atoms with Crippen molar-refractivity contribution >= 4 is 53.9 Å². The van der Waals surface area contributed by atoms with Crippen LogP contribution in [0.3, 0.4) is 0 Å². The number of amides is 1. The monoisotopic (exact) mass is 452 g/mol. The molecular formula is C22H20N4O3S2. The SMILES string of the molecule is Nc1nccc2ccc(CN3CCC(NS(=O)(=O)c4cc5ccccc5s4)C3=O)cc12. The fourth-order valence-corrected chi connectivity index (χ4v) is 6.54. The second kappa shape index (κ2) is 7.60. The van der Waals surface area contributed by atoms with Crippen LogP contribution in [0.25, 0.3) is 20.9 Å². The molecule has 0 spiro atoms. The summed E-state index contributed by atoms with van der Waals surface area (Å²) in [5.41, 5.74) is 6.89. The lowest BCUT2D eigenvalue weighted by Gasteiger charge is -2.17. The first kappa shape index (κ1) is 19.9. The van der Waals surface area contributed by atoms with Gasteiger partial charge in [-0.25, -0.2) is 13.4 Å². The maximum atomic E-state index is 12.9. The van der Waals surface area contributed by atoms with Gasteiger partial charge in [0.2, 0.25) is 5.91 Å². The van der Waals surface area contributed by atoms with E-state index in [9.17, 15) is 13.2 Å². The van der Waals surface area contributed by atoms with Gasteiger partial charge in [-0.2, -0.15) is 4.72 Å². The van der Waals surface area contributed by atoms with Gasteiger partial charge in [-0.05, 0) is 47.0 Å². The Balaban J connectivity index is 1.32. The van der Waals surface area contributed by atoms with Gasteiger partial charge in [0.1, 0.15) is 16.1 Å². The Kier molecular flexibility index (Phi) is 4.88. The van der Waals surface area contributed by atoms with Crippen LogP contribution >= 0.6 is 11.3 Å². The molecule has 0 saturated carbocycles. The van der Waals surface area contributed by atoms with Gasteiger partial charge in [-0.3, -0.25) is 4.79 Å². The van der Waals surface area contributed by atoms with E-state index in [4.69, 9.17) is 5.73 Å². The first-order chi connectivity index (χ1) is 14.9. The number of hydrogen-bond acceptors (Lipinski definition) is 6. The topological polar surface area (TPSA) is 105 Å². The maximum absolute atomic E-state index is 12.9. The average Bonchev–Trinajstić information content (AvgIpc) is 3.34. The summed E-state index contributed by atoms with van der Waals surface area (Å²) in [5.74, 6) is 0.227. The Labute approximate surface area is 183 Å². The summed E-state index contributed by atoms with van der Waals surface area (Å²) in [6, 6.07) is 16.1. The number of nitrogens with two attached hydrogens (primary N) is 1. The van der Waals surface area contributed by atoms with Crippen molar-refractivity contribution in [3.63, 3.8) is 0 Å². The number of nitrogens with one attached hydrogen (secondary N) is 1. The molecule has 4 aromatic rings. The van der Waals surface area contributed by atoms with Crippen LogP contribution in [0, 0.1) is 0 Å². The second-order valence-electron chi connectivity index (χ2n) is 7.58. The minimum atomic E-state index is -3.77. The molecule has 1 atom stereocenters. The first-order valence-electron chi connectivity index (χ1n) is 9.83. The van der Waals surface area contributed by atoms with E-state index in [2.05, 4.69) is 9.71 Å². The number of fused-ring (bicyclic) bond motifs is 2. The van der Waals surface area contributed by atoms with E-state index in [1.54, 1.807) is 17.2 Å². The molecule has 5 rings (SSSR count). The third kappa shape index (κ3) is 3.76. The summed E-state index contributed by atoms with van der Waals surface area (Å²) in [6.45, 7) is 0.878. The Hall–Kier alpha value is -3.01. The van der Waals surface area contributed by atoms with Gasteiger partial charge in [0.25, 0.3) is 10.0 Å². The van der Waals surface area contributed by atoms with Gasteiger partial charge < -0.3 is 10.6 Å². The molecule has 1 aliphatic rings. The van der Waals surface area contributed by atoms with E-state index in [0.717, 1.165) is 26.4 Å². The van der Waals surface area contributed by atoms with E-state index in [0.29, 0.717) is 25.3 Å². The van der Waals surface area contributed by atoms with Crippen LogP contribution in [0.2, 0.25) is 0 Å². The van der Waals surface area contributed by atoms with E-state index in [-0.39, 0.29) is 10.1 Å². The molecule has 158 valence electrons. The van der Waals surface area contributed by atoms with Crippen molar-refractivity contribution in [2.45, 2.75) is 23.2 Å². The third-order valence-electron chi connectivity index (χ3n) is 5.50. The number of hydrogen-bond donors (Lipinski definition) is 2. The standard InChI is InChI=1S/C22H20N4O3S2/c23-21-17-11-14(5-6-15(17)7-9-24-21)13-26-10-8-18(22(26)27)25-31(28,29)20-12-16-3-1-2-4-19(16)30-20/h1-7,9,11-12,18,25H,8,10,13H2,(H2,23,24). The zero-order valence-electron chi connectivity index (χ0n) is 16.5. The minimum Gasteiger partial charge on any atom is -0.383 e. The summed E-state index contributed by atoms with van der Waals surface area (Å²) >= 11 is 1.20. The summed E-state index contributed by atoms with van der Waals surface area (Å²) in [5, 5.41) is 2.70. The predicted molar refractivity (Wildman–Crippen MR) is 122 cm³/mol. The zero-order valence-corrected chi connectivity index (χ0v) is 18.1. The van der Waals surface area contributed by atoms with Crippen LogP contribution in [0.5, 0.6) is 0 Å². The summed E-state index contributed by atoms with van der Waals surface area (Å²) in [7, 11) is -3.77. The van der Waals surface area contributed by atoms with Crippen molar-refractivity contribution in [2.75, 3.05) is 12.3 Å². The molecule has 1 amide bonds. The van der Waals surface area contributed by atoms with Crippen molar-refractivity contribution in [3.8, 4) is 0 Å². The van der Waals surface area contributed by atoms with Crippen LogP contribution < -0.4 is 10.5 Å². The Morgan fingerprint density at radius 3 is 2.81 bits per heavy atom. The summed E-state index contributed by atoms with van der Waals surface area (Å²) in [6.07, 6.45) is 2.09. The lowest BCUT2D eigenvalue weighted by Crippen LogP contribution is -2.41. The lowest BCUT2D eigenvalue weighted by molar-refractivity contribution is -0.129. The molecule has 0 aliphatic carbocycles. The molecule has 7 nitrogen and oxygen atoms in total. The number of likely N-dealkylation sites (tertiary alicyclic amines) is 1.